The summed E-state index contributed by atoms with van der Waals surface area (Å²) < 4.78 is 0. The van der Waals surface area contributed by atoms with Crippen LogP contribution in [0.1, 0.15) is 29.6 Å². The molecular weight excluding hydrogens is 238 g/mol. The Kier molecular flexibility index (Phi) is 4.43. The van der Waals surface area contributed by atoms with E-state index in [0.717, 1.165) is 24.1 Å². The van der Waals surface area contributed by atoms with Crippen molar-refractivity contribution in [2.75, 3.05) is 32.1 Å². The zero-order valence-electron chi connectivity index (χ0n) is 11.8. The van der Waals surface area contributed by atoms with Crippen molar-refractivity contribution < 1.29 is 4.79 Å². The smallest absolute Gasteiger partial charge is 0.254 e. The Labute approximate surface area is 115 Å². The maximum absolute atomic E-state index is 12.6. The van der Waals surface area contributed by atoms with Crippen molar-refractivity contribution in [3.63, 3.8) is 0 Å². The van der Waals surface area contributed by atoms with Crippen molar-refractivity contribution in [3.8, 4) is 0 Å². The molecule has 0 atom stereocenters. The van der Waals surface area contributed by atoms with E-state index in [9.17, 15) is 4.79 Å². The summed E-state index contributed by atoms with van der Waals surface area (Å²) in [7, 11) is 3.96. The molecule has 0 aromatic heterocycles. The van der Waals surface area contributed by atoms with Gasteiger partial charge in [0.1, 0.15) is 0 Å². The summed E-state index contributed by atoms with van der Waals surface area (Å²) in [5, 5.41) is 0. The Bertz CT molecular complexity index is 441. The first-order valence-electron chi connectivity index (χ1n) is 6.92. The largest absolute Gasteiger partial charge is 0.378 e. The van der Waals surface area contributed by atoms with Gasteiger partial charge in [0.05, 0.1) is 0 Å². The fraction of sp³-hybridized carbons (Fsp3) is 0.533. The number of benzene rings is 1. The summed E-state index contributed by atoms with van der Waals surface area (Å²) in [6, 6.07) is 8.17. The Morgan fingerprint density at radius 1 is 1.37 bits per heavy atom. The van der Waals surface area contributed by atoms with E-state index in [-0.39, 0.29) is 5.91 Å². The third kappa shape index (κ3) is 3.07. The molecule has 4 nitrogen and oxygen atoms in total. The fourth-order valence-electron chi connectivity index (χ4n) is 2.37. The lowest BCUT2D eigenvalue weighted by Crippen LogP contribution is -2.46. The highest BCUT2D eigenvalue weighted by molar-refractivity contribution is 5.95. The van der Waals surface area contributed by atoms with E-state index in [1.165, 1.54) is 6.42 Å². The van der Waals surface area contributed by atoms with Gasteiger partial charge >= 0.3 is 0 Å². The van der Waals surface area contributed by atoms with E-state index in [1.807, 2.05) is 48.2 Å². The van der Waals surface area contributed by atoms with Crippen LogP contribution in [-0.2, 0) is 0 Å². The van der Waals surface area contributed by atoms with Crippen LogP contribution in [0.3, 0.4) is 0 Å². The molecule has 1 aromatic rings. The SMILES string of the molecule is CN(C)c1cccc(C(=O)N(CCN)C2CCC2)c1. The van der Waals surface area contributed by atoms with Crippen molar-refractivity contribution in [3.05, 3.63) is 29.8 Å². The molecule has 1 aliphatic rings. The predicted octanol–water partition coefficient (Wildman–Crippen LogP) is 1.71. The molecule has 0 heterocycles. The van der Waals surface area contributed by atoms with Crippen LogP contribution in [0.15, 0.2) is 24.3 Å². The molecule has 0 aliphatic heterocycles. The maximum Gasteiger partial charge on any atom is 0.254 e. The van der Waals surface area contributed by atoms with Crippen LogP contribution >= 0.6 is 0 Å². The molecule has 1 aliphatic carbocycles. The molecular formula is C15H23N3O. The van der Waals surface area contributed by atoms with Gasteiger partial charge in [0.15, 0.2) is 0 Å². The van der Waals surface area contributed by atoms with Crippen LogP contribution in [0, 0.1) is 0 Å². The number of hydrogen-bond donors (Lipinski definition) is 1. The molecule has 2 rings (SSSR count). The highest BCUT2D eigenvalue weighted by Crippen LogP contribution is 2.26. The van der Waals surface area contributed by atoms with Gasteiger partial charge < -0.3 is 15.5 Å². The zero-order chi connectivity index (χ0) is 13.8. The van der Waals surface area contributed by atoms with E-state index in [0.29, 0.717) is 19.1 Å². The monoisotopic (exact) mass is 261 g/mol. The Balaban J connectivity index is 2.18. The minimum absolute atomic E-state index is 0.110. The first-order chi connectivity index (χ1) is 9.13. The number of carbonyl (C=O) groups excluding carboxylic acids is 1. The number of nitrogens with zero attached hydrogens (tertiary/aromatic N) is 2. The van der Waals surface area contributed by atoms with E-state index in [1.54, 1.807) is 0 Å². The minimum Gasteiger partial charge on any atom is -0.378 e. The van der Waals surface area contributed by atoms with Crippen LogP contribution in [0.5, 0.6) is 0 Å². The molecule has 0 unspecified atom stereocenters. The highest BCUT2D eigenvalue weighted by Gasteiger charge is 2.28. The summed E-state index contributed by atoms with van der Waals surface area (Å²) in [5.74, 6) is 0.110. The highest BCUT2D eigenvalue weighted by atomic mass is 16.2. The lowest BCUT2D eigenvalue weighted by atomic mass is 9.91. The molecule has 0 bridgehead atoms. The molecule has 1 aromatic carbocycles. The van der Waals surface area contributed by atoms with Crippen LogP contribution in [0.25, 0.3) is 0 Å². The Hall–Kier alpha value is -1.55. The van der Waals surface area contributed by atoms with E-state index >= 15 is 0 Å². The van der Waals surface area contributed by atoms with E-state index in [2.05, 4.69) is 0 Å². The number of rotatable bonds is 5. The van der Waals surface area contributed by atoms with Crippen LogP contribution < -0.4 is 10.6 Å². The molecule has 1 fully saturated rings. The maximum atomic E-state index is 12.6. The molecule has 2 N–H and O–H groups in total. The van der Waals surface area contributed by atoms with Gasteiger partial charge in [-0.1, -0.05) is 6.07 Å². The number of hydrogen-bond acceptors (Lipinski definition) is 3. The van der Waals surface area contributed by atoms with Crippen molar-refractivity contribution in [1.29, 1.82) is 0 Å². The number of amides is 1. The first-order valence-corrected chi connectivity index (χ1v) is 6.92. The minimum atomic E-state index is 0.110. The van der Waals surface area contributed by atoms with Gasteiger partial charge in [-0.25, -0.2) is 0 Å². The van der Waals surface area contributed by atoms with E-state index < -0.39 is 0 Å². The van der Waals surface area contributed by atoms with Crippen LogP contribution in [0.4, 0.5) is 5.69 Å². The van der Waals surface area contributed by atoms with Crippen molar-refractivity contribution in [1.82, 2.24) is 4.90 Å². The van der Waals surface area contributed by atoms with Gasteiger partial charge in [-0.3, -0.25) is 4.79 Å². The topological polar surface area (TPSA) is 49.6 Å². The lowest BCUT2D eigenvalue weighted by molar-refractivity contribution is 0.0589. The average Bonchev–Trinajstić information content (AvgIpc) is 2.35. The second kappa shape index (κ2) is 6.06. The standard InChI is InChI=1S/C15H23N3O/c1-17(2)14-8-3-5-12(11-14)15(19)18(10-9-16)13-6-4-7-13/h3,5,8,11,13H,4,6-7,9-10,16H2,1-2H3. The molecule has 0 radical (unpaired) electrons. The zero-order valence-corrected chi connectivity index (χ0v) is 11.8. The molecule has 19 heavy (non-hydrogen) atoms. The quantitative estimate of drug-likeness (QED) is 0.878. The number of anilines is 1. The number of nitrogens with two attached hydrogens (primary N) is 1. The fourth-order valence-corrected chi connectivity index (χ4v) is 2.37. The van der Waals surface area contributed by atoms with Gasteiger partial charge in [0.25, 0.3) is 5.91 Å². The Morgan fingerprint density at radius 2 is 2.11 bits per heavy atom. The van der Waals surface area contributed by atoms with Gasteiger partial charge in [-0.05, 0) is 37.5 Å². The van der Waals surface area contributed by atoms with Crippen molar-refractivity contribution in [2.24, 2.45) is 5.73 Å². The first kappa shape index (κ1) is 13.9. The lowest BCUT2D eigenvalue weighted by Gasteiger charge is -2.37. The molecule has 0 spiro atoms. The van der Waals surface area contributed by atoms with Gasteiger partial charge in [-0.2, -0.15) is 0 Å². The van der Waals surface area contributed by atoms with Crippen LogP contribution in [-0.4, -0.2) is 44.0 Å². The van der Waals surface area contributed by atoms with E-state index in [4.69, 9.17) is 5.73 Å². The third-order valence-corrected chi connectivity index (χ3v) is 3.76. The summed E-state index contributed by atoms with van der Waals surface area (Å²) in [4.78, 5) is 16.5. The van der Waals surface area contributed by atoms with Crippen molar-refractivity contribution in [2.45, 2.75) is 25.3 Å². The third-order valence-electron chi connectivity index (χ3n) is 3.76. The summed E-state index contributed by atoms with van der Waals surface area (Å²) in [6.45, 7) is 1.17. The second-order valence-electron chi connectivity index (χ2n) is 5.32. The Morgan fingerprint density at radius 3 is 2.63 bits per heavy atom. The molecule has 0 saturated heterocycles. The van der Waals surface area contributed by atoms with Gasteiger partial charge in [0.2, 0.25) is 0 Å². The summed E-state index contributed by atoms with van der Waals surface area (Å²) >= 11 is 0. The van der Waals surface area contributed by atoms with Crippen molar-refractivity contribution >= 4 is 11.6 Å². The summed E-state index contributed by atoms with van der Waals surface area (Å²) in [5.41, 5.74) is 7.44. The summed E-state index contributed by atoms with van der Waals surface area (Å²) in [6.07, 6.45) is 3.44. The number of carbonyl (C=O) groups is 1. The average molecular weight is 261 g/mol. The van der Waals surface area contributed by atoms with Gasteiger partial charge in [0, 0.05) is 44.5 Å². The predicted molar refractivity (Wildman–Crippen MR) is 78.5 cm³/mol. The molecule has 1 amide bonds. The molecule has 104 valence electrons. The second-order valence-corrected chi connectivity index (χ2v) is 5.32. The van der Waals surface area contributed by atoms with Crippen LogP contribution in [0.2, 0.25) is 0 Å². The normalized spacial score (nSPS) is 14.9. The van der Waals surface area contributed by atoms with Gasteiger partial charge in [-0.15, -0.1) is 0 Å². The molecule has 4 heteroatoms. The molecule has 1 saturated carbocycles.